The molecule has 0 spiro atoms. The van der Waals surface area contributed by atoms with Gasteiger partial charge in [-0.1, -0.05) is 51.9 Å². The van der Waals surface area contributed by atoms with Crippen molar-refractivity contribution in [1.82, 2.24) is 0 Å². The number of alkyl halides is 4. The Morgan fingerprint density at radius 1 is 0.806 bits per heavy atom. The predicted molar refractivity (Wildman–Crippen MR) is 103 cm³/mol. The van der Waals surface area contributed by atoms with Crippen LogP contribution in [0, 0.1) is 0 Å². The van der Waals surface area contributed by atoms with Crippen molar-refractivity contribution in [3.8, 4) is 0 Å². The lowest BCUT2D eigenvalue weighted by Gasteiger charge is -2.16. The summed E-state index contributed by atoms with van der Waals surface area (Å²) >= 11 is 0. The molecule has 2 unspecified atom stereocenters. The maximum atomic E-state index is 13.8. The van der Waals surface area contributed by atoms with Gasteiger partial charge in [-0.25, -0.2) is 12.8 Å². The van der Waals surface area contributed by atoms with Crippen LogP contribution < -0.4 is 0 Å². The normalized spacial score (nSPS) is 15.7. The summed E-state index contributed by atoms with van der Waals surface area (Å²) in [4.78, 5) is 0. The summed E-state index contributed by atoms with van der Waals surface area (Å²) in [6.45, 7) is 2.08. The Morgan fingerprint density at radius 2 is 1.29 bits per heavy atom. The summed E-state index contributed by atoms with van der Waals surface area (Å²) in [5, 5.41) is 0. The molecule has 0 aromatic heterocycles. The van der Waals surface area contributed by atoms with Crippen molar-refractivity contribution in [3.63, 3.8) is 0 Å². The molecule has 0 amide bonds. The van der Waals surface area contributed by atoms with Crippen molar-refractivity contribution in [2.45, 2.75) is 88.4 Å². The molecule has 31 heavy (non-hydrogen) atoms. The van der Waals surface area contributed by atoms with Crippen LogP contribution in [0.25, 0.3) is 0 Å². The van der Waals surface area contributed by atoms with Crippen molar-refractivity contribution in [2.75, 3.05) is 5.75 Å². The van der Waals surface area contributed by atoms with Gasteiger partial charge in [0.1, 0.15) is 6.17 Å². The molecule has 0 bridgehead atoms. The highest BCUT2D eigenvalue weighted by molar-refractivity contribution is 7.91. The highest BCUT2D eigenvalue weighted by atomic mass is 32.2. The fourth-order valence-corrected chi connectivity index (χ4v) is 5.15. The molecule has 1 N–H and O–H groups in total. The number of hydrogen-bond acceptors (Lipinski definition) is 8. The van der Waals surface area contributed by atoms with Gasteiger partial charge in [-0.2, -0.15) is 38.4 Å². The van der Waals surface area contributed by atoms with Crippen molar-refractivity contribution in [2.24, 2.45) is 0 Å². The smallest absolute Gasteiger partial charge is 0.282 e. The largest absolute Gasteiger partial charge is 0.523 e. The second-order valence-corrected chi connectivity index (χ2v) is 11.5. The Labute approximate surface area is 180 Å². The van der Waals surface area contributed by atoms with Gasteiger partial charge in [0.05, 0.1) is 5.75 Å². The van der Waals surface area contributed by atoms with E-state index in [0.717, 1.165) is 38.5 Å². The molecule has 0 saturated carbocycles. The molecule has 2 atom stereocenters. The molecule has 9 nitrogen and oxygen atoms in total. The van der Waals surface area contributed by atoms with E-state index in [4.69, 9.17) is 4.55 Å². The summed E-state index contributed by atoms with van der Waals surface area (Å²) in [5.41, 5.74) is -9.78. The molecule has 0 aliphatic carbocycles. The molecule has 0 radical (unpaired) electrons. The van der Waals surface area contributed by atoms with E-state index in [1.54, 1.807) is 0 Å². The fraction of sp³-hybridized carbons (Fsp3) is 1.00. The average Bonchev–Trinajstić information content (AvgIpc) is 2.58. The summed E-state index contributed by atoms with van der Waals surface area (Å²) < 4.78 is 133. The fourth-order valence-electron chi connectivity index (χ4n) is 2.39. The van der Waals surface area contributed by atoms with Gasteiger partial charge in [-0.3, -0.25) is 4.55 Å². The van der Waals surface area contributed by atoms with Crippen LogP contribution in [0.2, 0.25) is 0 Å². The van der Waals surface area contributed by atoms with Gasteiger partial charge < -0.3 is 0 Å². The third-order valence-corrected chi connectivity index (χ3v) is 7.16. The lowest BCUT2D eigenvalue weighted by molar-refractivity contribution is -0.0623. The van der Waals surface area contributed by atoms with Crippen molar-refractivity contribution < 1.29 is 55.7 Å². The first-order valence-corrected chi connectivity index (χ1v) is 14.0. The highest BCUT2D eigenvalue weighted by Gasteiger charge is 2.51. The number of rotatable bonds is 17. The van der Waals surface area contributed by atoms with Crippen molar-refractivity contribution in [3.05, 3.63) is 0 Å². The SMILES string of the molecule is CCCCCCCCCC(F)CCCS(=O)(=O)OC(OS(=O)(=O)C(F)(F)F)S(=O)(=O)O. The summed E-state index contributed by atoms with van der Waals surface area (Å²) in [7, 11) is -17.4. The van der Waals surface area contributed by atoms with E-state index < -0.39 is 53.4 Å². The molecule has 0 aromatic rings. The maximum absolute atomic E-state index is 13.8. The lowest BCUT2D eigenvalue weighted by Crippen LogP contribution is -2.37. The first kappa shape index (κ1) is 30.4. The molecule has 0 aliphatic heterocycles. The van der Waals surface area contributed by atoms with E-state index in [1.807, 2.05) is 0 Å². The van der Waals surface area contributed by atoms with Gasteiger partial charge in [0.25, 0.3) is 10.1 Å². The zero-order chi connectivity index (χ0) is 24.3. The van der Waals surface area contributed by atoms with Gasteiger partial charge in [-0.15, -0.1) is 0 Å². The van der Waals surface area contributed by atoms with Crippen LogP contribution in [-0.4, -0.2) is 52.9 Å². The third-order valence-electron chi connectivity index (χ3n) is 3.99. The van der Waals surface area contributed by atoms with Crippen LogP contribution in [0.15, 0.2) is 0 Å². The van der Waals surface area contributed by atoms with Crippen LogP contribution in [0.4, 0.5) is 17.6 Å². The van der Waals surface area contributed by atoms with Gasteiger partial charge in [0.2, 0.25) is 0 Å². The van der Waals surface area contributed by atoms with Crippen molar-refractivity contribution in [1.29, 1.82) is 0 Å². The Morgan fingerprint density at radius 3 is 1.77 bits per heavy atom. The van der Waals surface area contributed by atoms with Gasteiger partial charge in [0.15, 0.2) is 0 Å². The van der Waals surface area contributed by atoms with Crippen LogP contribution in [0.3, 0.4) is 0 Å². The lowest BCUT2D eigenvalue weighted by atomic mass is 10.1. The van der Waals surface area contributed by atoms with E-state index in [0.29, 0.717) is 6.42 Å². The summed E-state index contributed by atoms with van der Waals surface area (Å²) in [6, 6.07) is 0. The van der Waals surface area contributed by atoms with E-state index in [9.17, 15) is 42.8 Å². The van der Waals surface area contributed by atoms with Gasteiger partial charge in [0, 0.05) is 0 Å². The monoisotopic (exact) mass is 524 g/mol. The topological polar surface area (TPSA) is 141 Å². The van der Waals surface area contributed by atoms with E-state index in [1.165, 1.54) is 0 Å². The average molecular weight is 525 g/mol. The van der Waals surface area contributed by atoms with E-state index in [2.05, 4.69) is 15.3 Å². The molecule has 188 valence electrons. The number of halogens is 4. The molecule has 0 aliphatic rings. The Hall–Kier alpha value is -0.550. The second-order valence-electron chi connectivity index (χ2n) is 6.81. The molecule has 0 aromatic carbocycles. The number of unbranched alkanes of at least 4 members (excludes halogenated alkanes) is 6. The predicted octanol–water partition coefficient (Wildman–Crippen LogP) is 3.63. The quantitative estimate of drug-likeness (QED) is 0.0754. The van der Waals surface area contributed by atoms with Crippen LogP contribution in [0.1, 0.15) is 71.1 Å². The zero-order valence-corrected chi connectivity index (χ0v) is 19.3. The van der Waals surface area contributed by atoms with Crippen LogP contribution in [0.5, 0.6) is 0 Å². The minimum absolute atomic E-state index is 0.176. The first-order valence-electron chi connectivity index (χ1n) is 9.52. The van der Waals surface area contributed by atoms with Gasteiger partial charge in [-0.05, 0) is 19.3 Å². The Bertz CT molecular complexity index is 824. The Kier molecular flexibility index (Phi) is 13.0. The minimum atomic E-state index is -6.60. The molecule has 0 fully saturated rings. The first-order chi connectivity index (χ1) is 14.0. The second kappa shape index (κ2) is 13.2. The molecule has 0 heterocycles. The molecular weight excluding hydrogens is 496 g/mol. The molecule has 0 saturated heterocycles. The van der Waals surface area contributed by atoms with E-state index >= 15 is 0 Å². The third kappa shape index (κ3) is 13.6. The van der Waals surface area contributed by atoms with Crippen LogP contribution >= 0.6 is 0 Å². The maximum Gasteiger partial charge on any atom is 0.523 e. The van der Waals surface area contributed by atoms with Gasteiger partial charge >= 0.3 is 31.4 Å². The minimum Gasteiger partial charge on any atom is -0.282 e. The van der Waals surface area contributed by atoms with E-state index in [-0.39, 0.29) is 19.3 Å². The van der Waals surface area contributed by atoms with Crippen molar-refractivity contribution >= 4 is 30.4 Å². The van der Waals surface area contributed by atoms with Crippen LogP contribution in [-0.2, 0) is 38.7 Å². The Balaban J connectivity index is 4.57. The molecule has 0 rings (SSSR count). The standard InChI is InChI=1S/C15H28F4O9S3/c1-2-3-4-5-6-7-8-10-13(16)11-9-12-29(20,21)27-14(30(22,23)24)28-31(25,26)15(17,18)19/h13-14H,2-12H2,1H3,(H,22,23,24). The highest BCUT2D eigenvalue weighted by Crippen LogP contribution is 2.27. The number of hydrogen-bond donors (Lipinski definition) is 1. The molecular formula is C15H28F4O9S3. The molecule has 16 heteroatoms. The zero-order valence-electron chi connectivity index (χ0n) is 16.9. The summed E-state index contributed by atoms with van der Waals surface area (Å²) in [5.74, 6) is -1.04. The summed E-state index contributed by atoms with van der Waals surface area (Å²) in [6.07, 6.45) is 4.92.